The number of amides is 1. The number of hydrogen-bond acceptors (Lipinski definition) is 5. The van der Waals surface area contributed by atoms with Crippen LogP contribution in [0.2, 0.25) is 5.02 Å². The van der Waals surface area contributed by atoms with Gasteiger partial charge in [0.05, 0.1) is 18.7 Å². The summed E-state index contributed by atoms with van der Waals surface area (Å²) in [4.78, 5) is 24.3. The Balaban J connectivity index is 2.13. The predicted molar refractivity (Wildman–Crippen MR) is 115 cm³/mol. The Morgan fingerprint density at radius 3 is 2.34 bits per heavy atom. The SMILES string of the molecule is COC(=O)c1ccccc1NCC(Cc1ccc(Cl)cc1)NC(=O)OC(C)(C)C. The van der Waals surface area contributed by atoms with Gasteiger partial charge in [-0.2, -0.15) is 0 Å². The molecule has 0 aliphatic rings. The predicted octanol–water partition coefficient (Wildman–Crippen LogP) is 4.67. The highest BCUT2D eigenvalue weighted by Crippen LogP contribution is 2.17. The summed E-state index contributed by atoms with van der Waals surface area (Å²) >= 11 is 5.96. The second-order valence-electron chi connectivity index (χ2n) is 7.59. The third-order valence-corrected chi connectivity index (χ3v) is 4.24. The van der Waals surface area contributed by atoms with E-state index in [1.54, 1.807) is 30.3 Å². The number of rotatable bonds is 7. The molecule has 0 saturated carbocycles. The lowest BCUT2D eigenvalue weighted by atomic mass is 10.1. The molecule has 0 fully saturated rings. The first kappa shape index (κ1) is 22.6. The molecule has 6 nitrogen and oxygen atoms in total. The monoisotopic (exact) mass is 418 g/mol. The van der Waals surface area contributed by atoms with Crippen LogP contribution in [0.1, 0.15) is 36.7 Å². The van der Waals surface area contributed by atoms with E-state index in [1.807, 2.05) is 39.0 Å². The fourth-order valence-corrected chi connectivity index (χ4v) is 2.84. The van der Waals surface area contributed by atoms with Crippen LogP contribution in [0.4, 0.5) is 10.5 Å². The molecule has 2 rings (SSSR count). The first-order chi connectivity index (χ1) is 13.7. The summed E-state index contributed by atoms with van der Waals surface area (Å²) in [5.41, 5.74) is 1.47. The smallest absolute Gasteiger partial charge is 0.407 e. The van der Waals surface area contributed by atoms with Gasteiger partial charge in [0, 0.05) is 17.3 Å². The average molecular weight is 419 g/mol. The van der Waals surface area contributed by atoms with Gasteiger partial charge in [-0.15, -0.1) is 0 Å². The van der Waals surface area contributed by atoms with Crippen molar-refractivity contribution in [2.45, 2.75) is 38.8 Å². The highest BCUT2D eigenvalue weighted by atomic mass is 35.5. The molecular weight excluding hydrogens is 392 g/mol. The van der Waals surface area contributed by atoms with E-state index >= 15 is 0 Å². The summed E-state index contributed by atoms with van der Waals surface area (Å²) in [7, 11) is 1.34. The highest BCUT2D eigenvalue weighted by Gasteiger charge is 2.20. The second kappa shape index (κ2) is 10.2. The van der Waals surface area contributed by atoms with Crippen molar-refractivity contribution in [3.63, 3.8) is 0 Å². The van der Waals surface area contributed by atoms with Crippen molar-refractivity contribution in [3.8, 4) is 0 Å². The molecule has 0 saturated heterocycles. The Morgan fingerprint density at radius 1 is 1.07 bits per heavy atom. The van der Waals surface area contributed by atoms with Gasteiger partial charge in [0.25, 0.3) is 0 Å². The van der Waals surface area contributed by atoms with Crippen molar-refractivity contribution >= 4 is 29.4 Å². The maximum absolute atomic E-state index is 12.3. The zero-order valence-corrected chi connectivity index (χ0v) is 17.9. The van der Waals surface area contributed by atoms with Crippen molar-refractivity contribution in [3.05, 3.63) is 64.7 Å². The van der Waals surface area contributed by atoms with E-state index in [-0.39, 0.29) is 6.04 Å². The molecule has 7 heteroatoms. The number of esters is 1. The molecule has 0 aromatic heterocycles. The topological polar surface area (TPSA) is 76.7 Å². The van der Waals surface area contributed by atoms with E-state index in [9.17, 15) is 9.59 Å². The molecule has 0 heterocycles. The minimum atomic E-state index is -0.597. The second-order valence-corrected chi connectivity index (χ2v) is 8.03. The molecule has 0 aliphatic carbocycles. The van der Waals surface area contributed by atoms with Crippen LogP contribution >= 0.6 is 11.6 Å². The lowest BCUT2D eigenvalue weighted by Gasteiger charge is -2.24. The Kier molecular flexibility index (Phi) is 7.91. The molecule has 0 spiro atoms. The quantitative estimate of drug-likeness (QED) is 0.638. The van der Waals surface area contributed by atoms with Gasteiger partial charge in [-0.05, 0) is 57.0 Å². The third kappa shape index (κ3) is 7.66. The van der Waals surface area contributed by atoms with E-state index in [1.165, 1.54) is 7.11 Å². The van der Waals surface area contributed by atoms with Crippen LogP contribution in [-0.4, -0.2) is 37.4 Å². The number of alkyl carbamates (subject to hydrolysis) is 1. The molecule has 2 aromatic rings. The van der Waals surface area contributed by atoms with E-state index in [0.29, 0.717) is 29.2 Å². The zero-order valence-electron chi connectivity index (χ0n) is 17.1. The number of benzene rings is 2. The number of hydrogen-bond donors (Lipinski definition) is 2. The van der Waals surface area contributed by atoms with Gasteiger partial charge >= 0.3 is 12.1 Å². The molecule has 2 N–H and O–H groups in total. The molecule has 0 radical (unpaired) electrons. The first-order valence-corrected chi connectivity index (χ1v) is 9.71. The summed E-state index contributed by atoms with van der Waals surface area (Å²) < 4.78 is 10.2. The molecule has 1 unspecified atom stereocenters. The fraction of sp³-hybridized carbons (Fsp3) is 0.364. The van der Waals surface area contributed by atoms with E-state index in [2.05, 4.69) is 10.6 Å². The number of nitrogens with one attached hydrogen (secondary N) is 2. The Hall–Kier alpha value is -2.73. The van der Waals surface area contributed by atoms with Crippen LogP contribution in [0.25, 0.3) is 0 Å². The minimum absolute atomic E-state index is 0.281. The fourth-order valence-electron chi connectivity index (χ4n) is 2.71. The van der Waals surface area contributed by atoms with Crippen molar-refractivity contribution in [1.29, 1.82) is 0 Å². The maximum Gasteiger partial charge on any atom is 0.407 e. The van der Waals surface area contributed by atoms with Crippen molar-refractivity contribution in [2.24, 2.45) is 0 Å². The van der Waals surface area contributed by atoms with Gasteiger partial charge in [0.15, 0.2) is 0 Å². The molecule has 0 aliphatic heterocycles. The standard InChI is InChI=1S/C22H27ClN2O4/c1-22(2,3)29-21(27)25-17(13-15-9-11-16(23)12-10-15)14-24-19-8-6-5-7-18(19)20(26)28-4/h5-12,17,24H,13-14H2,1-4H3,(H,25,27). The van der Waals surface area contributed by atoms with Gasteiger partial charge in [0.1, 0.15) is 5.60 Å². The van der Waals surface area contributed by atoms with E-state index < -0.39 is 17.7 Å². The van der Waals surface area contributed by atoms with Crippen molar-refractivity contribution in [1.82, 2.24) is 5.32 Å². The Labute approximate surface area is 176 Å². The summed E-state index contributed by atoms with van der Waals surface area (Å²) in [6.45, 7) is 5.82. The van der Waals surface area contributed by atoms with E-state index in [0.717, 1.165) is 5.56 Å². The summed E-state index contributed by atoms with van der Waals surface area (Å²) in [5, 5.41) is 6.78. The third-order valence-electron chi connectivity index (χ3n) is 3.99. The largest absolute Gasteiger partial charge is 0.465 e. The van der Waals surface area contributed by atoms with Gasteiger partial charge in [-0.3, -0.25) is 0 Å². The molecule has 0 bridgehead atoms. The normalized spacial score (nSPS) is 12.0. The number of carbonyl (C=O) groups excluding carboxylic acids is 2. The Morgan fingerprint density at radius 2 is 1.72 bits per heavy atom. The number of halogens is 1. The van der Waals surface area contributed by atoms with Gasteiger partial charge in [-0.25, -0.2) is 9.59 Å². The lowest BCUT2D eigenvalue weighted by molar-refractivity contribution is 0.0505. The first-order valence-electron chi connectivity index (χ1n) is 9.33. The van der Waals surface area contributed by atoms with Crippen LogP contribution in [0.5, 0.6) is 0 Å². The van der Waals surface area contributed by atoms with Gasteiger partial charge < -0.3 is 20.1 Å². The highest BCUT2D eigenvalue weighted by molar-refractivity contribution is 6.30. The lowest BCUT2D eigenvalue weighted by Crippen LogP contribution is -2.43. The van der Waals surface area contributed by atoms with Crippen LogP contribution in [-0.2, 0) is 15.9 Å². The number of methoxy groups -OCH3 is 1. The number of carbonyl (C=O) groups is 2. The van der Waals surface area contributed by atoms with Gasteiger partial charge in [0.2, 0.25) is 0 Å². The molecule has 156 valence electrons. The summed E-state index contributed by atoms with van der Waals surface area (Å²) in [6.07, 6.45) is 0.0589. The van der Waals surface area contributed by atoms with Crippen LogP contribution in [0.15, 0.2) is 48.5 Å². The molecule has 1 amide bonds. The summed E-state index contributed by atoms with van der Waals surface area (Å²) in [5.74, 6) is -0.428. The number of anilines is 1. The van der Waals surface area contributed by atoms with Crippen LogP contribution in [0.3, 0.4) is 0 Å². The Bertz CT molecular complexity index is 831. The molecule has 29 heavy (non-hydrogen) atoms. The summed E-state index contributed by atoms with van der Waals surface area (Å²) in [6, 6.07) is 14.2. The van der Waals surface area contributed by atoms with Crippen LogP contribution in [0, 0.1) is 0 Å². The van der Waals surface area contributed by atoms with E-state index in [4.69, 9.17) is 21.1 Å². The van der Waals surface area contributed by atoms with Crippen molar-refractivity contribution < 1.29 is 19.1 Å². The van der Waals surface area contributed by atoms with Crippen molar-refractivity contribution in [2.75, 3.05) is 19.0 Å². The number of ether oxygens (including phenoxy) is 2. The molecular formula is C22H27ClN2O4. The maximum atomic E-state index is 12.3. The number of para-hydroxylation sites is 1. The minimum Gasteiger partial charge on any atom is -0.465 e. The van der Waals surface area contributed by atoms with Crippen LogP contribution < -0.4 is 10.6 Å². The molecule has 1 atom stereocenters. The molecule has 2 aromatic carbocycles. The zero-order chi connectivity index (χ0) is 21.4. The van der Waals surface area contributed by atoms with Gasteiger partial charge in [-0.1, -0.05) is 35.9 Å². The average Bonchev–Trinajstić information content (AvgIpc) is 2.66.